The number of fused-ring (bicyclic) bond motifs is 1. The standard InChI is InChI=1S/C16H23N3OS/c1-4-5-10-21-12(3)16(20)17-11(2)15-18-13-8-6-7-9-14(13)19-15/h6-9,11-12H,4-5,10H2,1-3H3,(H,17,20)(H,18,19). The maximum atomic E-state index is 12.2. The number of hydrogen-bond donors (Lipinski definition) is 2. The van der Waals surface area contributed by atoms with Gasteiger partial charge in [-0.2, -0.15) is 0 Å². The van der Waals surface area contributed by atoms with Crippen LogP contribution in [-0.2, 0) is 4.79 Å². The fourth-order valence-corrected chi connectivity index (χ4v) is 3.09. The Hall–Kier alpha value is -1.49. The van der Waals surface area contributed by atoms with Crippen LogP contribution in [0, 0.1) is 0 Å². The number of imidazole rings is 1. The predicted octanol–water partition coefficient (Wildman–Crippen LogP) is 3.66. The normalized spacial score (nSPS) is 14.0. The Bertz CT molecular complexity index is 563. The van der Waals surface area contributed by atoms with Crippen molar-refractivity contribution in [1.29, 1.82) is 0 Å². The van der Waals surface area contributed by atoms with Gasteiger partial charge in [-0.05, 0) is 38.2 Å². The molecule has 2 atom stereocenters. The van der Waals surface area contributed by atoms with Crippen LogP contribution in [0.15, 0.2) is 24.3 Å². The Labute approximate surface area is 130 Å². The number of hydrogen-bond acceptors (Lipinski definition) is 3. The molecular weight excluding hydrogens is 282 g/mol. The van der Waals surface area contributed by atoms with Crippen LogP contribution in [0.25, 0.3) is 11.0 Å². The molecule has 0 saturated heterocycles. The molecule has 2 rings (SSSR count). The average molecular weight is 305 g/mol. The summed E-state index contributed by atoms with van der Waals surface area (Å²) in [5.41, 5.74) is 1.93. The minimum atomic E-state index is -0.112. The van der Waals surface area contributed by atoms with Crippen LogP contribution >= 0.6 is 11.8 Å². The van der Waals surface area contributed by atoms with Crippen molar-refractivity contribution in [2.24, 2.45) is 0 Å². The fraction of sp³-hybridized carbons (Fsp3) is 0.500. The molecule has 1 amide bonds. The van der Waals surface area contributed by atoms with Crippen LogP contribution in [0.5, 0.6) is 0 Å². The number of nitrogens with one attached hydrogen (secondary N) is 2. The zero-order valence-corrected chi connectivity index (χ0v) is 13.7. The summed E-state index contributed by atoms with van der Waals surface area (Å²) in [7, 11) is 0. The first kappa shape index (κ1) is 15.9. The summed E-state index contributed by atoms with van der Waals surface area (Å²) < 4.78 is 0. The van der Waals surface area contributed by atoms with Gasteiger partial charge in [-0.3, -0.25) is 4.79 Å². The molecule has 0 radical (unpaired) electrons. The van der Waals surface area contributed by atoms with Gasteiger partial charge < -0.3 is 10.3 Å². The summed E-state index contributed by atoms with van der Waals surface area (Å²) in [6.07, 6.45) is 2.32. The number of carbonyl (C=O) groups is 1. The van der Waals surface area contributed by atoms with Crippen molar-refractivity contribution in [2.75, 3.05) is 5.75 Å². The molecule has 4 nitrogen and oxygen atoms in total. The maximum Gasteiger partial charge on any atom is 0.233 e. The summed E-state index contributed by atoms with van der Waals surface area (Å²) in [5.74, 6) is 1.91. The Morgan fingerprint density at radius 1 is 1.38 bits per heavy atom. The third kappa shape index (κ3) is 4.24. The predicted molar refractivity (Wildman–Crippen MR) is 89.5 cm³/mol. The summed E-state index contributed by atoms with van der Waals surface area (Å²) >= 11 is 1.71. The number of thioether (sulfide) groups is 1. The van der Waals surface area contributed by atoms with Gasteiger partial charge in [0, 0.05) is 0 Å². The summed E-state index contributed by atoms with van der Waals surface area (Å²) in [6.45, 7) is 6.08. The molecule has 0 fully saturated rings. The zero-order chi connectivity index (χ0) is 15.2. The molecular formula is C16H23N3OS. The first-order valence-electron chi connectivity index (χ1n) is 7.48. The Morgan fingerprint density at radius 2 is 2.14 bits per heavy atom. The van der Waals surface area contributed by atoms with Crippen LogP contribution in [0.2, 0.25) is 0 Å². The molecule has 0 saturated carbocycles. The molecule has 1 aromatic heterocycles. The van der Waals surface area contributed by atoms with Gasteiger partial charge in [0.25, 0.3) is 0 Å². The van der Waals surface area contributed by atoms with E-state index in [1.165, 1.54) is 0 Å². The van der Waals surface area contributed by atoms with E-state index in [2.05, 4.69) is 22.2 Å². The smallest absolute Gasteiger partial charge is 0.233 e. The Balaban J connectivity index is 1.93. The van der Waals surface area contributed by atoms with Crippen molar-refractivity contribution in [2.45, 2.75) is 44.9 Å². The molecule has 0 aliphatic rings. The largest absolute Gasteiger partial charge is 0.345 e. The van der Waals surface area contributed by atoms with Crippen LogP contribution in [-0.4, -0.2) is 26.9 Å². The lowest BCUT2D eigenvalue weighted by atomic mass is 10.3. The molecule has 2 unspecified atom stereocenters. The van der Waals surface area contributed by atoms with Crippen LogP contribution in [0.1, 0.15) is 45.5 Å². The first-order valence-corrected chi connectivity index (χ1v) is 8.53. The minimum Gasteiger partial charge on any atom is -0.345 e. The van der Waals surface area contributed by atoms with E-state index in [1.807, 2.05) is 38.1 Å². The van der Waals surface area contributed by atoms with Crippen LogP contribution in [0.4, 0.5) is 0 Å². The van der Waals surface area contributed by atoms with E-state index in [9.17, 15) is 4.79 Å². The third-order valence-electron chi connectivity index (χ3n) is 3.41. The number of carbonyl (C=O) groups excluding carboxylic acids is 1. The van der Waals surface area contributed by atoms with E-state index in [4.69, 9.17) is 0 Å². The van der Waals surface area contributed by atoms with Gasteiger partial charge in [-0.15, -0.1) is 11.8 Å². The summed E-state index contributed by atoms with van der Waals surface area (Å²) in [5, 5.41) is 3.01. The Morgan fingerprint density at radius 3 is 2.86 bits per heavy atom. The number of unbranched alkanes of at least 4 members (excludes halogenated alkanes) is 1. The monoisotopic (exact) mass is 305 g/mol. The minimum absolute atomic E-state index is 0.0246. The summed E-state index contributed by atoms with van der Waals surface area (Å²) in [4.78, 5) is 19.9. The highest BCUT2D eigenvalue weighted by molar-refractivity contribution is 8.00. The van der Waals surface area contributed by atoms with Crippen molar-refractivity contribution in [1.82, 2.24) is 15.3 Å². The van der Waals surface area contributed by atoms with Gasteiger partial charge >= 0.3 is 0 Å². The molecule has 1 aromatic carbocycles. The van der Waals surface area contributed by atoms with Gasteiger partial charge in [-0.1, -0.05) is 25.5 Å². The molecule has 1 heterocycles. The number of para-hydroxylation sites is 2. The van der Waals surface area contributed by atoms with Gasteiger partial charge in [0.1, 0.15) is 5.82 Å². The highest BCUT2D eigenvalue weighted by Crippen LogP contribution is 2.17. The lowest BCUT2D eigenvalue weighted by Gasteiger charge is -2.15. The number of aromatic nitrogens is 2. The van der Waals surface area contributed by atoms with Crippen molar-refractivity contribution in [3.8, 4) is 0 Å². The van der Waals surface area contributed by atoms with E-state index in [0.29, 0.717) is 0 Å². The van der Waals surface area contributed by atoms with Crippen molar-refractivity contribution < 1.29 is 4.79 Å². The van der Waals surface area contributed by atoms with E-state index < -0.39 is 0 Å². The van der Waals surface area contributed by atoms with Gasteiger partial charge in [-0.25, -0.2) is 4.98 Å². The highest BCUT2D eigenvalue weighted by Gasteiger charge is 2.18. The second kappa shape index (κ2) is 7.50. The lowest BCUT2D eigenvalue weighted by molar-refractivity contribution is -0.121. The molecule has 114 valence electrons. The number of aromatic amines is 1. The molecule has 21 heavy (non-hydrogen) atoms. The highest BCUT2D eigenvalue weighted by atomic mass is 32.2. The van der Waals surface area contributed by atoms with Crippen LogP contribution in [0.3, 0.4) is 0 Å². The zero-order valence-electron chi connectivity index (χ0n) is 12.8. The van der Waals surface area contributed by atoms with Gasteiger partial charge in [0.15, 0.2) is 0 Å². The lowest BCUT2D eigenvalue weighted by Crippen LogP contribution is -2.33. The van der Waals surface area contributed by atoms with E-state index in [1.54, 1.807) is 11.8 Å². The molecule has 2 N–H and O–H groups in total. The van der Waals surface area contributed by atoms with E-state index in [0.717, 1.165) is 35.5 Å². The van der Waals surface area contributed by atoms with E-state index in [-0.39, 0.29) is 17.2 Å². The van der Waals surface area contributed by atoms with Gasteiger partial charge in [0.05, 0.1) is 22.3 Å². The molecule has 0 bridgehead atoms. The third-order valence-corrected chi connectivity index (χ3v) is 4.65. The SMILES string of the molecule is CCCCSC(C)C(=O)NC(C)c1nc2ccccc2[nH]1. The number of rotatable bonds is 7. The number of amides is 1. The molecule has 5 heteroatoms. The fourth-order valence-electron chi connectivity index (χ4n) is 2.06. The van der Waals surface area contributed by atoms with Crippen molar-refractivity contribution >= 4 is 28.7 Å². The first-order chi connectivity index (χ1) is 10.1. The second-order valence-electron chi connectivity index (χ2n) is 5.24. The maximum absolute atomic E-state index is 12.2. The topological polar surface area (TPSA) is 57.8 Å². The molecule has 2 aromatic rings. The molecule has 0 aliphatic carbocycles. The number of H-pyrrole nitrogens is 1. The molecule has 0 spiro atoms. The molecule has 0 aliphatic heterocycles. The second-order valence-corrected chi connectivity index (χ2v) is 6.68. The van der Waals surface area contributed by atoms with Crippen molar-refractivity contribution in [3.63, 3.8) is 0 Å². The summed E-state index contributed by atoms with van der Waals surface area (Å²) in [6, 6.07) is 7.78. The van der Waals surface area contributed by atoms with Gasteiger partial charge in [0.2, 0.25) is 5.91 Å². The van der Waals surface area contributed by atoms with E-state index >= 15 is 0 Å². The Kier molecular flexibility index (Phi) is 5.67. The number of benzene rings is 1. The van der Waals surface area contributed by atoms with Crippen molar-refractivity contribution in [3.05, 3.63) is 30.1 Å². The quantitative estimate of drug-likeness (QED) is 0.767. The van der Waals surface area contributed by atoms with Crippen LogP contribution < -0.4 is 5.32 Å². The number of nitrogens with zero attached hydrogens (tertiary/aromatic N) is 1. The average Bonchev–Trinajstić information content (AvgIpc) is 2.91.